The van der Waals surface area contributed by atoms with Crippen molar-refractivity contribution in [2.75, 3.05) is 0 Å². The van der Waals surface area contributed by atoms with E-state index < -0.39 is 42.3 Å². The van der Waals surface area contributed by atoms with Gasteiger partial charge in [-0.25, -0.2) is 9.59 Å². The normalized spacial score (nSPS) is 15.4. The number of carboxylic acid groups (broad SMARTS) is 1. The fourth-order valence-electron chi connectivity index (χ4n) is 1.93. The predicted octanol–water partition coefficient (Wildman–Crippen LogP) is -0.388. The van der Waals surface area contributed by atoms with Crippen LogP contribution in [0.4, 0.5) is 4.79 Å². The van der Waals surface area contributed by atoms with Gasteiger partial charge in [-0.05, 0) is 19.4 Å². The summed E-state index contributed by atoms with van der Waals surface area (Å²) in [6, 6.07) is 5.81. The Morgan fingerprint density at radius 2 is 1.56 bits per heavy atom. The molecule has 0 heterocycles. The highest BCUT2D eigenvalue weighted by molar-refractivity contribution is 5.89. The van der Waals surface area contributed by atoms with E-state index >= 15 is 0 Å². The van der Waals surface area contributed by atoms with Gasteiger partial charge in [0.05, 0.1) is 12.2 Å². The van der Waals surface area contributed by atoms with Crippen molar-refractivity contribution in [3.05, 3.63) is 35.9 Å². The van der Waals surface area contributed by atoms with Crippen molar-refractivity contribution >= 4 is 18.0 Å². The van der Waals surface area contributed by atoms with Gasteiger partial charge in [-0.1, -0.05) is 30.3 Å². The molecule has 0 radical (unpaired) electrons. The molecule has 0 fully saturated rings. The molecule has 0 spiro atoms. The van der Waals surface area contributed by atoms with E-state index in [1.165, 1.54) is 13.8 Å². The van der Waals surface area contributed by atoms with Crippen LogP contribution in [0.3, 0.4) is 0 Å². The van der Waals surface area contributed by atoms with Crippen LogP contribution in [0.2, 0.25) is 0 Å². The Bertz CT molecular complexity index is 589. The van der Waals surface area contributed by atoms with Gasteiger partial charge in [0.25, 0.3) is 0 Å². The zero-order valence-corrected chi connectivity index (χ0v) is 13.9. The summed E-state index contributed by atoms with van der Waals surface area (Å²) in [5.74, 6) is -2.40. The second kappa shape index (κ2) is 9.60. The van der Waals surface area contributed by atoms with E-state index in [0.717, 1.165) is 5.56 Å². The van der Waals surface area contributed by atoms with Gasteiger partial charge in [0.1, 0.15) is 12.6 Å². The molecule has 0 bridgehead atoms. The molecule has 0 saturated heterocycles. The number of aliphatic hydroxyl groups is 2. The van der Waals surface area contributed by atoms with E-state index in [-0.39, 0.29) is 6.61 Å². The van der Waals surface area contributed by atoms with Gasteiger partial charge in [0.15, 0.2) is 6.04 Å². The molecule has 0 aromatic heterocycles. The first-order chi connectivity index (χ1) is 11.7. The average Bonchev–Trinajstić information content (AvgIpc) is 2.55. The molecule has 1 rings (SSSR count). The van der Waals surface area contributed by atoms with Crippen molar-refractivity contribution in [1.29, 1.82) is 0 Å². The Morgan fingerprint density at radius 3 is 2.04 bits per heavy atom. The van der Waals surface area contributed by atoms with Crippen LogP contribution < -0.4 is 10.6 Å². The standard InChI is InChI=1S/C16H22N2O7/c1-9(19)12(14(21)17-13(10(2)20)15(22)23)18-16(24)25-8-11-6-4-3-5-7-11/h3-7,9-10,12-13,19-20H,8H2,1-2H3,(H,17,21)(H,18,24)(H,22,23)/t9-,10-,12+,13+/m1/s1. The minimum atomic E-state index is -1.57. The Morgan fingerprint density at radius 1 is 1.00 bits per heavy atom. The Hall–Kier alpha value is -2.65. The third-order valence-electron chi connectivity index (χ3n) is 3.30. The summed E-state index contributed by atoms with van der Waals surface area (Å²) < 4.78 is 4.95. The van der Waals surface area contributed by atoms with Crippen LogP contribution in [0.5, 0.6) is 0 Å². The minimum absolute atomic E-state index is 0.0355. The third kappa shape index (κ3) is 6.77. The number of nitrogens with one attached hydrogen (secondary N) is 2. The minimum Gasteiger partial charge on any atom is -0.480 e. The van der Waals surface area contributed by atoms with Crippen LogP contribution in [0, 0.1) is 0 Å². The summed E-state index contributed by atoms with van der Waals surface area (Å²) in [6.07, 6.45) is -3.62. The Labute approximate surface area is 144 Å². The summed E-state index contributed by atoms with van der Waals surface area (Å²) in [6.45, 7) is 2.41. The van der Waals surface area contributed by atoms with Crippen LogP contribution in [0.15, 0.2) is 30.3 Å². The van der Waals surface area contributed by atoms with Gasteiger partial charge in [0.2, 0.25) is 5.91 Å². The molecule has 25 heavy (non-hydrogen) atoms. The molecule has 4 atom stereocenters. The number of carbonyl (C=O) groups excluding carboxylic acids is 2. The van der Waals surface area contributed by atoms with E-state index in [4.69, 9.17) is 9.84 Å². The average molecular weight is 354 g/mol. The summed E-state index contributed by atoms with van der Waals surface area (Å²) in [4.78, 5) is 34.9. The van der Waals surface area contributed by atoms with Crippen molar-refractivity contribution in [2.24, 2.45) is 0 Å². The van der Waals surface area contributed by atoms with Crippen molar-refractivity contribution < 1.29 is 34.4 Å². The zero-order valence-electron chi connectivity index (χ0n) is 13.9. The maximum atomic E-state index is 12.1. The quantitative estimate of drug-likeness (QED) is 0.427. The van der Waals surface area contributed by atoms with Crippen LogP contribution in [0.25, 0.3) is 0 Å². The molecule has 5 N–H and O–H groups in total. The van der Waals surface area contributed by atoms with Gasteiger partial charge >= 0.3 is 12.1 Å². The molecule has 1 aromatic rings. The Balaban J connectivity index is 2.64. The summed E-state index contributed by atoms with van der Waals surface area (Å²) >= 11 is 0. The molecule has 0 aliphatic carbocycles. The first kappa shape index (κ1) is 20.4. The summed E-state index contributed by atoms with van der Waals surface area (Å²) in [5.41, 5.74) is 0.732. The SMILES string of the molecule is C[C@@H](O)[C@H](NC(=O)[C@@H](NC(=O)OCc1ccccc1)[C@@H](C)O)C(=O)O. The van der Waals surface area contributed by atoms with Crippen LogP contribution in [-0.2, 0) is 20.9 Å². The van der Waals surface area contributed by atoms with E-state index in [0.29, 0.717) is 0 Å². The number of alkyl carbamates (subject to hydrolysis) is 1. The van der Waals surface area contributed by atoms with Crippen molar-refractivity contribution in [1.82, 2.24) is 10.6 Å². The highest BCUT2D eigenvalue weighted by Gasteiger charge is 2.32. The molecular formula is C16H22N2O7. The molecule has 0 unspecified atom stereocenters. The van der Waals surface area contributed by atoms with Crippen molar-refractivity contribution in [3.63, 3.8) is 0 Å². The number of carbonyl (C=O) groups is 3. The second-order valence-electron chi connectivity index (χ2n) is 5.49. The van der Waals surface area contributed by atoms with E-state index in [1.807, 2.05) is 0 Å². The van der Waals surface area contributed by atoms with Crippen molar-refractivity contribution in [3.8, 4) is 0 Å². The number of aliphatic hydroxyl groups excluding tert-OH is 2. The molecular weight excluding hydrogens is 332 g/mol. The lowest BCUT2D eigenvalue weighted by Crippen LogP contribution is -2.57. The van der Waals surface area contributed by atoms with Crippen molar-refractivity contribution in [2.45, 2.75) is 44.7 Å². The highest BCUT2D eigenvalue weighted by Crippen LogP contribution is 2.02. The highest BCUT2D eigenvalue weighted by atomic mass is 16.5. The summed E-state index contributed by atoms with van der Waals surface area (Å²) in [5, 5.41) is 32.2. The second-order valence-corrected chi connectivity index (χ2v) is 5.49. The maximum Gasteiger partial charge on any atom is 0.408 e. The van der Waals surface area contributed by atoms with Gasteiger partial charge in [-0.2, -0.15) is 0 Å². The number of rotatable bonds is 8. The smallest absolute Gasteiger partial charge is 0.408 e. The molecule has 2 amide bonds. The number of benzene rings is 1. The van der Waals surface area contributed by atoms with E-state index in [9.17, 15) is 24.6 Å². The van der Waals surface area contributed by atoms with Crippen LogP contribution in [-0.4, -0.2) is 57.6 Å². The first-order valence-corrected chi connectivity index (χ1v) is 7.59. The lowest BCUT2D eigenvalue weighted by molar-refractivity contribution is -0.145. The fraction of sp³-hybridized carbons (Fsp3) is 0.438. The number of hydrogen-bond acceptors (Lipinski definition) is 6. The zero-order chi connectivity index (χ0) is 19.0. The van der Waals surface area contributed by atoms with Crippen LogP contribution >= 0.6 is 0 Å². The number of ether oxygens (including phenoxy) is 1. The summed E-state index contributed by atoms with van der Waals surface area (Å²) in [7, 11) is 0. The molecule has 9 nitrogen and oxygen atoms in total. The van der Waals surface area contributed by atoms with Gasteiger partial charge in [-0.15, -0.1) is 0 Å². The Kier molecular flexibility index (Phi) is 7.83. The fourth-order valence-corrected chi connectivity index (χ4v) is 1.93. The van der Waals surface area contributed by atoms with Gasteiger partial charge in [0, 0.05) is 0 Å². The molecule has 0 saturated carbocycles. The number of hydrogen-bond donors (Lipinski definition) is 5. The van der Waals surface area contributed by atoms with Gasteiger partial charge in [-0.3, -0.25) is 4.79 Å². The maximum absolute atomic E-state index is 12.1. The topological polar surface area (TPSA) is 145 Å². The molecule has 0 aliphatic heterocycles. The molecule has 1 aromatic carbocycles. The molecule has 9 heteroatoms. The molecule has 0 aliphatic rings. The largest absolute Gasteiger partial charge is 0.480 e. The van der Waals surface area contributed by atoms with E-state index in [1.54, 1.807) is 30.3 Å². The van der Waals surface area contributed by atoms with Crippen LogP contribution in [0.1, 0.15) is 19.4 Å². The predicted molar refractivity (Wildman–Crippen MR) is 86.5 cm³/mol. The number of aliphatic carboxylic acids is 1. The third-order valence-corrected chi connectivity index (χ3v) is 3.30. The number of carboxylic acids is 1. The first-order valence-electron chi connectivity index (χ1n) is 7.59. The lowest BCUT2D eigenvalue weighted by Gasteiger charge is -2.24. The van der Waals surface area contributed by atoms with Gasteiger partial charge < -0.3 is 30.7 Å². The molecule has 138 valence electrons. The lowest BCUT2D eigenvalue weighted by atomic mass is 10.1. The monoisotopic (exact) mass is 354 g/mol. The number of amides is 2. The van der Waals surface area contributed by atoms with E-state index in [2.05, 4.69) is 10.6 Å².